The molecule has 0 spiro atoms. The molecule has 0 fully saturated rings. The van der Waals surface area contributed by atoms with Crippen LogP contribution >= 0.6 is 0 Å². The Morgan fingerprint density at radius 2 is 1.53 bits per heavy atom. The summed E-state index contributed by atoms with van der Waals surface area (Å²) in [5.41, 5.74) is 0.299. The highest BCUT2D eigenvalue weighted by atomic mass is 16.6. The van der Waals surface area contributed by atoms with Gasteiger partial charge in [0.25, 0.3) is 0 Å². The Labute approximate surface area is 267 Å². The van der Waals surface area contributed by atoms with Gasteiger partial charge in [-0.15, -0.1) is 0 Å². The fourth-order valence-electron chi connectivity index (χ4n) is 4.60. The summed E-state index contributed by atoms with van der Waals surface area (Å²) in [5.74, 6) is -2.30. The number of benzene rings is 2. The number of nitrogens with one attached hydrogen (secondary N) is 2. The number of rotatable bonds is 13. The standard InChI is InChI=1S/C35H49N3O7/c1-10-24-17-14-18-26(21-24)29(38(19-20-39)31(41)28(23(2)3)37-33(43)45-35(7,8)9)30(40)36-27(32(42)44-34(4,5)6)22-25-15-12-11-13-16-25/h10-18,21,23,27-29,39H,1,19-20,22H2,2-9H3,(H,36,40)(H,37,43). The number of aliphatic hydroxyl groups is 1. The maximum atomic E-state index is 14.3. The first kappa shape index (κ1) is 37.0. The molecule has 3 atom stereocenters. The molecule has 0 saturated heterocycles. The van der Waals surface area contributed by atoms with E-state index in [9.17, 15) is 24.3 Å². The van der Waals surface area contributed by atoms with Crippen LogP contribution in [0, 0.1) is 5.92 Å². The Morgan fingerprint density at radius 1 is 0.911 bits per heavy atom. The summed E-state index contributed by atoms with van der Waals surface area (Å²) in [4.78, 5) is 55.8. The van der Waals surface area contributed by atoms with E-state index < -0.39 is 65.7 Å². The zero-order valence-electron chi connectivity index (χ0n) is 27.8. The van der Waals surface area contributed by atoms with Crippen LogP contribution in [-0.2, 0) is 30.3 Å². The lowest BCUT2D eigenvalue weighted by molar-refractivity contribution is -0.159. The minimum Gasteiger partial charge on any atom is -0.458 e. The Balaban J connectivity index is 2.60. The number of carbonyl (C=O) groups excluding carboxylic acids is 4. The van der Waals surface area contributed by atoms with E-state index >= 15 is 0 Å². The Bertz CT molecular complexity index is 1310. The second-order valence-electron chi connectivity index (χ2n) is 13.2. The van der Waals surface area contributed by atoms with E-state index in [4.69, 9.17) is 9.47 Å². The van der Waals surface area contributed by atoms with Crippen molar-refractivity contribution in [1.29, 1.82) is 0 Å². The highest BCUT2D eigenvalue weighted by Crippen LogP contribution is 2.26. The van der Waals surface area contributed by atoms with Gasteiger partial charge >= 0.3 is 12.1 Å². The van der Waals surface area contributed by atoms with Crippen molar-refractivity contribution < 1.29 is 33.8 Å². The molecule has 2 rings (SSSR count). The van der Waals surface area contributed by atoms with Crippen LogP contribution in [0.5, 0.6) is 0 Å². The third kappa shape index (κ3) is 12.0. The molecule has 0 aliphatic heterocycles. The fourth-order valence-corrected chi connectivity index (χ4v) is 4.60. The van der Waals surface area contributed by atoms with E-state index in [-0.39, 0.29) is 13.0 Å². The molecule has 0 saturated carbocycles. The van der Waals surface area contributed by atoms with Crippen molar-refractivity contribution in [2.24, 2.45) is 5.92 Å². The van der Waals surface area contributed by atoms with E-state index in [1.54, 1.807) is 85.7 Å². The molecular weight excluding hydrogens is 574 g/mol. The summed E-state index contributed by atoms with van der Waals surface area (Å²) in [6.45, 7) is 17.0. The molecule has 3 amide bonds. The average Bonchev–Trinajstić information content (AvgIpc) is 2.93. The molecule has 3 unspecified atom stereocenters. The van der Waals surface area contributed by atoms with E-state index in [2.05, 4.69) is 17.2 Å². The second-order valence-corrected chi connectivity index (χ2v) is 13.2. The van der Waals surface area contributed by atoms with Crippen LogP contribution < -0.4 is 10.6 Å². The van der Waals surface area contributed by atoms with E-state index in [0.717, 1.165) is 5.56 Å². The summed E-state index contributed by atoms with van der Waals surface area (Å²) in [6, 6.07) is 12.6. The van der Waals surface area contributed by atoms with Crippen molar-refractivity contribution in [3.8, 4) is 0 Å². The van der Waals surface area contributed by atoms with E-state index in [1.165, 1.54) is 4.90 Å². The Morgan fingerprint density at radius 3 is 2.07 bits per heavy atom. The third-order valence-corrected chi connectivity index (χ3v) is 6.54. The van der Waals surface area contributed by atoms with Crippen molar-refractivity contribution in [2.45, 2.75) is 91.1 Å². The van der Waals surface area contributed by atoms with Crippen LogP contribution in [0.4, 0.5) is 4.79 Å². The smallest absolute Gasteiger partial charge is 0.408 e. The van der Waals surface area contributed by atoms with Gasteiger partial charge in [-0.3, -0.25) is 9.59 Å². The molecule has 0 aliphatic rings. The Kier molecular flexibility index (Phi) is 13.3. The zero-order chi connectivity index (χ0) is 33.9. The normalized spacial score (nSPS) is 13.6. The lowest BCUT2D eigenvalue weighted by atomic mass is 9.97. The molecule has 10 heteroatoms. The van der Waals surface area contributed by atoms with Gasteiger partial charge < -0.3 is 30.1 Å². The van der Waals surface area contributed by atoms with Crippen molar-refractivity contribution >= 4 is 30.0 Å². The van der Waals surface area contributed by atoms with Crippen LogP contribution in [0.25, 0.3) is 6.08 Å². The van der Waals surface area contributed by atoms with Gasteiger partial charge in [0.2, 0.25) is 11.8 Å². The van der Waals surface area contributed by atoms with Crippen molar-refractivity contribution in [3.63, 3.8) is 0 Å². The van der Waals surface area contributed by atoms with Crippen molar-refractivity contribution in [1.82, 2.24) is 15.5 Å². The molecule has 0 bridgehead atoms. The average molecular weight is 624 g/mol. The first-order valence-corrected chi connectivity index (χ1v) is 15.2. The maximum Gasteiger partial charge on any atom is 0.408 e. The molecule has 0 aliphatic carbocycles. The number of nitrogens with zero attached hydrogens (tertiary/aromatic N) is 1. The monoisotopic (exact) mass is 623 g/mol. The number of hydrogen-bond donors (Lipinski definition) is 3. The molecule has 45 heavy (non-hydrogen) atoms. The van der Waals surface area contributed by atoms with Gasteiger partial charge in [0.05, 0.1) is 6.61 Å². The largest absolute Gasteiger partial charge is 0.458 e. The predicted octanol–water partition coefficient (Wildman–Crippen LogP) is 4.81. The van der Waals surface area contributed by atoms with Crippen molar-refractivity contribution in [2.75, 3.05) is 13.2 Å². The number of hydrogen-bond acceptors (Lipinski definition) is 7. The summed E-state index contributed by atoms with van der Waals surface area (Å²) in [7, 11) is 0. The van der Waals surface area contributed by atoms with Crippen LogP contribution in [0.2, 0.25) is 0 Å². The first-order valence-electron chi connectivity index (χ1n) is 15.2. The van der Waals surface area contributed by atoms with Gasteiger partial charge in [0.1, 0.15) is 29.3 Å². The molecule has 2 aromatic carbocycles. The van der Waals surface area contributed by atoms with Gasteiger partial charge in [-0.1, -0.05) is 75.0 Å². The van der Waals surface area contributed by atoms with E-state index in [1.807, 2.05) is 30.3 Å². The summed E-state index contributed by atoms with van der Waals surface area (Å²) >= 11 is 0. The number of alkyl carbamates (subject to hydrolysis) is 1. The van der Waals surface area contributed by atoms with Gasteiger partial charge in [-0.2, -0.15) is 0 Å². The minimum absolute atomic E-state index is 0.143. The molecule has 0 aromatic heterocycles. The van der Waals surface area contributed by atoms with Crippen molar-refractivity contribution in [3.05, 3.63) is 77.9 Å². The molecule has 0 radical (unpaired) electrons. The van der Waals surface area contributed by atoms with E-state index in [0.29, 0.717) is 11.1 Å². The van der Waals surface area contributed by atoms with Gasteiger partial charge in [-0.05, 0) is 70.2 Å². The van der Waals surface area contributed by atoms with Crippen LogP contribution in [0.15, 0.2) is 61.2 Å². The summed E-state index contributed by atoms with van der Waals surface area (Å²) < 4.78 is 11.0. The minimum atomic E-state index is -1.29. The topological polar surface area (TPSA) is 134 Å². The summed E-state index contributed by atoms with van der Waals surface area (Å²) in [6.07, 6.45) is 0.959. The SMILES string of the molecule is C=Cc1cccc(C(C(=O)NC(Cc2ccccc2)C(=O)OC(C)(C)C)N(CCO)C(=O)C(NC(=O)OC(C)(C)C)C(C)C)c1. The molecule has 3 N–H and O–H groups in total. The fraction of sp³-hybridized carbons (Fsp3) is 0.486. The maximum absolute atomic E-state index is 14.3. The number of aliphatic hydroxyl groups excluding tert-OH is 1. The third-order valence-electron chi connectivity index (χ3n) is 6.54. The van der Waals surface area contributed by atoms with Gasteiger partial charge in [-0.25, -0.2) is 9.59 Å². The summed E-state index contributed by atoms with van der Waals surface area (Å²) in [5, 5.41) is 15.6. The molecule has 2 aromatic rings. The number of amides is 3. The molecule has 10 nitrogen and oxygen atoms in total. The molecular formula is C35H49N3O7. The quantitative estimate of drug-likeness (QED) is 0.273. The van der Waals surface area contributed by atoms with Crippen LogP contribution in [-0.4, -0.2) is 70.3 Å². The number of ether oxygens (including phenoxy) is 2. The number of carbonyl (C=O) groups is 4. The van der Waals surface area contributed by atoms with Gasteiger partial charge in [0, 0.05) is 13.0 Å². The van der Waals surface area contributed by atoms with Crippen LogP contribution in [0.3, 0.4) is 0 Å². The molecule has 0 heterocycles. The first-order chi connectivity index (χ1) is 21.0. The van der Waals surface area contributed by atoms with Gasteiger partial charge in [0.15, 0.2) is 0 Å². The lowest BCUT2D eigenvalue weighted by Gasteiger charge is -2.36. The second kappa shape index (κ2) is 16.2. The lowest BCUT2D eigenvalue weighted by Crippen LogP contribution is -2.56. The highest BCUT2D eigenvalue weighted by Gasteiger charge is 2.39. The van der Waals surface area contributed by atoms with Crippen LogP contribution in [0.1, 0.15) is 78.1 Å². The zero-order valence-corrected chi connectivity index (χ0v) is 27.8. The Hall–Kier alpha value is -4.18. The number of esters is 1. The predicted molar refractivity (Wildman–Crippen MR) is 174 cm³/mol. The highest BCUT2D eigenvalue weighted by molar-refractivity contribution is 5.94. The molecule has 246 valence electrons.